The number of anilines is 1. The highest BCUT2D eigenvalue weighted by molar-refractivity contribution is 7.98. The molecular weight excluding hydrogens is 258 g/mol. The third-order valence-electron chi connectivity index (χ3n) is 2.60. The van der Waals surface area contributed by atoms with Gasteiger partial charge in [-0.3, -0.25) is 13.8 Å². The maximum atomic E-state index is 11.4. The predicted molar refractivity (Wildman–Crippen MR) is 74.6 cm³/mol. The lowest BCUT2D eigenvalue weighted by atomic mass is 10.2. The van der Waals surface area contributed by atoms with Gasteiger partial charge in [0.05, 0.1) is 4.90 Å². The Bertz CT molecular complexity index is 477. The molecule has 0 radical (unpaired) electrons. The first-order valence-electron chi connectivity index (χ1n) is 5.37. The molecule has 1 atom stereocenters. The van der Waals surface area contributed by atoms with E-state index in [1.807, 2.05) is 11.9 Å². The zero-order valence-electron chi connectivity index (χ0n) is 10.3. The van der Waals surface area contributed by atoms with Gasteiger partial charge < -0.3 is 4.90 Å². The maximum absolute atomic E-state index is 11.4. The van der Waals surface area contributed by atoms with Crippen molar-refractivity contribution < 1.29 is 4.21 Å². The van der Waals surface area contributed by atoms with Gasteiger partial charge in [0.15, 0.2) is 0 Å². The summed E-state index contributed by atoms with van der Waals surface area (Å²) in [5.41, 5.74) is -0.204. The molecule has 0 heterocycles. The van der Waals surface area contributed by atoms with Crippen molar-refractivity contribution in [3.8, 4) is 0 Å². The van der Waals surface area contributed by atoms with E-state index < -0.39 is 10.8 Å². The Hall–Kier alpha value is -0.620. The van der Waals surface area contributed by atoms with Crippen molar-refractivity contribution in [1.29, 1.82) is 0 Å². The molecule has 0 N–H and O–H groups in total. The van der Waals surface area contributed by atoms with Gasteiger partial charge in [-0.25, -0.2) is 0 Å². The number of nitrogens with zero attached hydrogens (tertiary/aromatic N) is 1. The number of hydrogen-bond donors (Lipinski definition) is 0. The lowest BCUT2D eigenvalue weighted by Gasteiger charge is -2.22. The average molecular weight is 275 g/mol. The van der Waals surface area contributed by atoms with E-state index in [1.54, 1.807) is 12.5 Å². The van der Waals surface area contributed by atoms with Crippen molar-refractivity contribution in [2.45, 2.75) is 17.7 Å². The van der Waals surface area contributed by atoms with E-state index in [2.05, 4.69) is 0 Å². The summed E-state index contributed by atoms with van der Waals surface area (Å²) in [5.74, 6) is 0.690. The Labute approximate surface area is 108 Å². The molecule has 0 aromatic heterocycles. The summed E-state index contributed by atoms with van der Waals surface area (Å²) in [4.78, 5) is 25.0. The monoisotopic (exact) mass is 275 g/mol. The molecule has 0 aliphatic heterocycles. The minimum absolute atomic E-state index is 0.367. The van der Waals surface area contributed by atoms with Crippen LogP contribution >= 0.6 is 11.8 Å². The fourth-order valence-electron chi connectivity index (χ4n) is 1.66. The van der Waals surface area contributed by atoms with Crippen LogP contribution in [0.2, 0.25) is 0 Å². The predicted octanol–water partition coefficient (Wildman–Crippen LogP) is 0.599. The molecule has 96 valence electrons. The summed E-state index contributed by atoms with van der Waals surface area (Å²) >= 11 is 1.32. The van der Waals surface area contributed by atoms with Crippen LogP contribution in [-0.2, 0) is 10.8 Å². The summed E-state index contributed by atoms with van der Waals surface area (Å²) in [5, 5.41) is 0. The maximum Gasteiger partial charge on any atom is 0.251 e. The molecular formula is C11H17NO3S2. The lowest BCUT2D eigenvalue weighted by molar-refractivity contribution is 0.680. The Morgan fingerprint density at radius 3 is 2.41 bits per heavy atom. The minimum Gasteiger partial charge on any atom is -0.370 e. The molecule has 0 amide bonds. The molecule has 1 unspecified atom stereocenters. The van der Waals surface area contributed by atoms with E-state index >= 15 is 0 Å². The van der Waals surface area contributed by atoms with Crippen LogP contribution in [0.15, 0.2) is 14.5 Å². The summed E-state index contributed by atoms with van der Waals surface area (Å²) in [6.45, 7) is 0.718. The largest absolute Gasteiger partial charge is 0.370 e. The summed E-state index contributed by atoms with van der Waals surface area (Å²) in [7, 11) is 1.06. The zero-order chi connectivity index (χ0) is 13.0. The zero-order valence-corrected chi connectivity index (χ0v) is 11.9. The van der Waals surface area contributed by atoms with Crippen molar-refractivity contribution in [2.75, 3.05) is 36.8 Å². The Kier molecular flexibility index (Phi) is 5.39. The lowest BCUT2D eigenvalue weighted by Crippen LogP contribution is -2.40. The molecule has 0 fully saturated rings. The second kappa shape index (κ2) is 6.35. The summed E-state index contributed by atoms with van der Waals surface area (Å²) < 4.78 is 10.9. The topological polar surface area (TPSA) is 54.5 Å². The van der Waals surface area contributed by atoms with Crippen LogP contribution in [0.3, 0.4) is 0 Å². The normalized spacial score (nSPS) is 12.9. The molecule has 0 aliphatic rings. The van der Waals surface area contributed by atoms with E-state index in [4.69, 9.17) is 0 Å². The van der Waals surface area contributed by atoms with Gasteiger partial charge in [-0.05, 0) is 19.1 Å². The fraction of sp³-hybridized carbons (Fsp3) is 0.636. The number of thioether (sulfide) groups is 1. The minimum atomic E-state index is -0.756. The van der Waals surface area contributed by atoms with Gasteiger partial charge in [-0.1, -0.05) is 0 Å². The van der Waals surface area contributed by atoms with Crippen LogP contribution < -0.4 is 15.8 Å². The van der Waals surface area contributed by atoms with Gasteiger partial charge >= 0.3 is 0 Å². The van der Waals surface area contributed by atoms with Crippen LogP contribution in [-0.4, -0.2) is 36.1 Å². The molecule has 0 saturated carbocycles. The highest BCUT2D eigenvalue weighted by Crippen LogP contribution is 2.22. The van der Waals surface area contributed by atoms with Crippen LogP contribution in [0, 0.1) is 0 Å². The van der Waals surface area contributed by atoms with Gasteiger partial charge in [0.2, 0.25) is 5.43 Å². The molecule has 1 aromatic rings. The van der Waals surface area contributed by atoms with E-state index in [-0.39, 0.29) is 10.9 Å². The van der Waals surface area contributed by atoms with E-state index in [9.17, 15) is 13.8 Å². The second-order valence-corrected chi connectivity index (χ2v) is 6.32. The third kappa shape index (κ3) is 3.42. The number of rotatable bonds is 7. The summed E-state index contributed by atoms with van der Waals surface area (Å²) in [6.07, 6.45) is 5.24. The van der Waals surface area contributed by atoms with Crippen molar-refractivity contribution in [3.63, 3.8) is 0 Å². The highest BCUT2D eigenvalue weighted by Gasteiger charge is 2.22. The smallest absolute Gasteiger partial charge is 0.251 e. The highest BCUT2D eigenvalue weighted by atomic mass is 32.2. The van der Waals surface area contributed by atoms with Gasteiger partial charge in [-0.15, -0.1) is 11.8 Å². The van der Waals surface area contributed by atoms with E-state index in [1.165, 1.54) is 11.8 Å². The standard InChI is InChI=1S/C11H17NO3S2/c1-12(6-4-5-7-17(3)15)8-9(13)10(14)11(8)16-2/h4-7H2,1-3H3. The van der Waals surface area contributed by atoms with E-state index in [0.717, 1.165) is 19.4 Å². The van der Waals surface area contributed by atoms with Gasteiger partial charge in [0.25, 0.3) is 5.43 Å². The van der Waals surface area contributed by atoms with Crippen LogP contribution in [0.1, 0.15) is 12.8 Å². The number of unbranched alkanes of at least 4 members (excludes halogenated alkanes) is 1. The molecule has 4 nitrogen and oxygen atoms in total. The van der Waals surface area contributed by atoms with Gasteiger partial charge in [-0.2, -0.15) is 0 Å². The molecule has 0 saturated heterocycles. The van der Waals surface area contributed by atoms with Crippen molar-refractivity contribution in [3.05, 3.63) is 20.4 Å². The first-order chi connectivity index (χ1) is 7.99. The molecule has 6 heteroatoms. The summed E-state index contributed by atoms with van der Waals surface area (Å²) in [6, 6.07) is 0. The molecule has 0 bridgehead atoms. The molecule has 1 aromatic carbocycles. The molecule has 17 heavy (non-hydrogen) atoms. The Morgan fingerprint density at radius 1 is 1.24 bits per heavy atom. The molecule has 0 aliphatic carbocycles. The SMILES string of the molecule is CSc1c(N(C)CCCCS(C)=O)c(=O)c1=O. The first-order valence-corrected chi connectivity index (χ1v) is 8.32. The van der Waals surface area contributed by atoms with Crippen LogP contribution in [0.25, 0.3) is 0 Å². The quantitative estimate of drug-likeness (QED) is 0.414. The van der Waals surface area contributed by atoms with Crippen molar-refractivity contribution in [1.82, 2.24) is 0 Å². The fourth-order valence-corrected chi connectivity index (χ4v) is 2.99. The molecule has 1 rings (SSSR count). The van der Waals surface area contributed by atoms with Crippen LogP contribution in [0.4, 0.5) is 5.69 Å². The first kappa shape index (κ1) is 14.4. The molecule has 0 spiro atoms. The van der Waals surface area contributed by atoms with E-state index in [0.29, 0.717) is 16.3 Å². The van der Waals surface area contributed by atoms with Crippen LogP contribution in [0.5, 0.6) is 0 Å². The average Bonchev–Trinajstić information content (AvgIpc) is 2.29. The van der Waals surface area contributed by atoms with Gasteiger partial charge in [0, 0.05) is 36.4 Å². The van der Waals surface area contributed by atoms with Gasteiger partial charge in [0.1, 0.15) is 5.69 Å². The number of hydrogen-bond acceptors (Lipinski definition) is 5. The third-order valence-corrected chi connectivity index (χ3v) is 4.25. The second-order valence-electron chi connectivity index (χ2n) is 3.95. The Morgan fingerprint density at radius 2 is 1.88 bits per heavy atom. The van der Waals surface area contributed by atoms with Crippen molar-refractivity contribution >= 4 is 28.2 Å². The Balaban J connectivity index is 2.50. The van der Waals surface area contributed by atoms with Crippen molar-refractivity contribution in [2.24, 2.45) is 0 Å².